The highest BCUT2D eigenvalue weighted by molar-refractivity contribution is 5.71. The first-order valence-electron chi connectivity index (χ1n) is 9.46. The van der Waals surface area contributed by atoms with Gasteiger partial charge >= 0.3 is 0 Å². The van der Waals surface area contributed by atoms with E-state index in [9.17, 15) is 0 Å². The number of aromatic nitrogens is 3. The molecule has 0 saturated heterocycles. The minimum atomic E-state index is 0.659. The van der Waals surface area contributed by atoms with Crippen molar-refractivity contribution in [1.29, 1.82) is 5.26 Å². The normalized spacial score (nSPS) is 10.8. The molecule has 0 unspecified atom stereocenters. The lowest BCUT2D eigenvalue weighted by Gasteiger charge is -2.27. The minimum Gasteiger partial charge on any atom is -0.356 e. The molecule has 1 aromatic carbocycles. The molecular formula is C21H26N6. The first kappa shape index (κ1) is 18.7. The van der Waals surface area contributed by atoms with Gasteiger partial charge in [-0.05, 0) is 50.5 Å². The van der Waals surface area contributed by atoms with Crippen molar-refractivity contribution in [3.05, 3.63) is 47.2 Å². The first-order chi connectivity index (χ1) is 13.1. The Balaban J connectivity index is 2.09. The largest absolute Gasteiger partial charge is 0.356 e. The van der Waals surface area contributed by atoms with Crippen LogP contribution < -0.4 is 10.2 Å². The fourth-order valence-electron chi connectivity index (χ4n) is 3.36. The van der Waals surface area contributed by atoms with Gasteiger partial charge in [0.25, 0.3) is 0 Å². The Labute approximate surface area is 160 Å². The van der Waals surface area contributed by atoms with Crippen molar-refractivity contribution in [2.75, 3.05) is 23.3 Å². The van der Waals surface area contributed by atoms with Crippen LogP contribution in [0.15, 0.2) is 30.5 Å². The summed E-state index contributed by atoms with van der Waals surface area (Å²) in [6, 6.07) is 9.75. The maximum absolute atomic E-state index is 9.08. The smallest absolute Gasteiger partial charge is 0.159 e. The van der Waals surface area contributed by atoms with Crippen molar-refractivity contribution in [2.45, 2.75) is 40.5 Å². The molecule has 0 aliphatic rings. The number of rotatable bonds is 7. The van der Waals surface area contributed by atoms with Crippen LogP contribution in [0.4, 0.5) is 17.3 Å². The number of nitriles is 1. The van der Waals surface area contributed by atoms with Gasteiger partial charge in [-0.2, -0.15) is 14.9 Å². The maximum atomic E-state index is 9.08. The van der Waals surface area contributed by atoms with Gasteiger partial charge in [0.15, 0.2) is 5.65 Å². The van der Waals surface area contributed by atoms with Crippen LogP contribution in [0.3, 0.4) is 0 Å². The van der Waals surface area contributed by atoms with Gasteiger partial charge in [-0.3, -0.25) is 0 Å². The first-order valence-corrected chi connectivity index (χ1v) is 9.46. The predicted octanol–water partition coefficient (Wildman–Crippen LogP) is 4.59. The average Bonchev–Trinajstić information content (AvgIpc) is 3.11. The van der Waals surface area contributed by atoms with E-state index in [1.807, 2.05) is 35.7 Å². The van der Waals surface area contributed by atoms with E-state index in [1.54, 1.807) is 6.20 Å². The van der Waals surface area contributed by atoms with Crippen molar-refractivity contribution in [3.63, 3.8) is 0 Å². The summed E-state index contributed by atoms with van der Waals surface area (Å²) >= 11 is 0. The predicted molar refractivity (Wildman–Crippen MR) is 110 cm³/mol. The zero-order valence-electron chi connectivity index (χ0n) is 16.5. The summed E-state index contributed by atoms with van der Waals surface area (Å²) in [6.07, 6.45) is 3.93. The molecule has 2 heterocycles. The number of nitrogens with zero attached hydrogens (tertiary/aromatic N) is 5. The second kappa shape index (κ2) is 8.09. The molecule has 3 rings (SSSR count). The molecule has 0 radical (unpaired) electrons. The topological polar surface area (TPSA) is 69.2 Å². The summed E-state index contributed by atoms with van der Waals surface area (Å²) in [5, 5.41) is 17.0. The third kappa shape index (κ3) is 3.72. The average molecular weight is 362 g/mol. The van der Waals surface area contributed by atoms with Gasteiger partial charge in [0.1, 0.15) is 11.6 Å². The second-order valence-electron chi connectivity index (χ2n) is 6.76. The Hall–Kier alpha value is -3.07. The number of benzene rings is 1. The van der Waals surface area contributed by atoms with Crippen LogP contribution >= 0.6 is 0 Å². The molecule has 0 fully saturated rings. The van der Waals surface area contributed by atoms with Crippen LogP contribution in [0.5, 0.6) is 0 Å². The fraction of sp³-hybridized carbons (Fsp3) is 0.381. The molecule has 1 N–H and O–H groups in total. The van der Waals surface area contributed by atoms with Gasteiger partial charge in [-0.1, -0.05) is 13.8 Å². The SMILES string of the molecule is CCCN(CCC)c1c(C)c(Nc2ccc(C#N)cc2C)nc2ccnn12. The summed E-state index contributed by atoms with van der Waals surface area (Å²) in [7, 11) is 0. The molecule has 2 aromatic heterocycles. The van der Waals surface area contributed by atoms with Crippen molar-refractivity contribution >= 4 is 23.0 Å². The molecular weight excluding hydrogens is 336 g/mol. The van der Waals surface area contributed by atoms with Crippen LogP contribution in [0.2, 0.25) is 0 Å². The Morgan fingerprint density at radius 3 is 2.52 bits per heavy atom. The van der Waals surface area contributed by atoms with E-state index in [-0.39, 0.29) is 0 Å². The number of hydrogen-bond acceptors (Lipinski definition) is 5. The van der Waals surface area contributed by atoms with Gasteiger partial charge < -0.3 is 10.2 Å². The lowest BCUT2D eigenvalue weighted by molar-refractivity contribution is 0.712. The molecule has 0 aliphatic carbocycles. The molecule has 140 valence electrons. The highest BCUT2D eigenvalue weighted by Crippen LogP contribution is 2.30. The van der Waals surface area contributed by atoms with E-state index < -0.39 is 0 Å². The fourth-order valence-corrected chi connectivity index (χ4v) is 3.36. The van der Waals surface area contributed by atoms with Crippen molar-refractivity contribution < 1.29 is 0 Å². The molecule has 0 saturated carbocycles. The molecule has 0 amide bonds. The van der Waals surface area contributed by atoms with E-state index in [4.69, 9.17) is 10.2 Å². The highest BCUT2D eigenvalue weighted by Gasteiger charge is 2.18. The van der Waals surface area contributed by atoms with Crippen molar-refractivity contribution in [2.24, 2.45) is 0 Å². The monoisotopic (exact) mass is 362 g/mol. The molecule has 0 bridgehead atoms. The summed E-state index contributed by atoms with van der Waals surface area (Å²) < 4.78 is 1.93. The lowest BCUT2D eigenvalue weighted by atomic mass is 10.1. The molecule has 0 atom stereocenters. The minimum absolute atomic E-state index is 0.659. The molecule has 0 spiro atoms. The molecule has 6 heteroatoms. The number of nitrogens with one attached hydrogen (secondary N) is 1. The van der Waals surface area contributed by atoms with E-state index in [2.05, 4.69) is 42.2 Å². The summed E-state index contributed by atoms with van der Waals surface area (Å²) in [4.78, 5) is 7.16. The number of aryl methyl sites for hydroxylation is 1. The summed E-state index contributed by atoms with van der Waals surface area (Å²) in [5.41, 5.74) is 4.52. The van der Waals surface area contributed by atoms with E-state index >= 15 is 0 Å². The second-order valence-corrected chi connectivity index (χ2v) is 6.76. The Morgan fingerprint density at radius 2 is 1.89 bits per heavy atom. The summed E-state index contributed by atoms with van der Waals surface area (Å²) in [5.74, 6) is 1.91. The van der Waals surface area contributed by atoms with E-state index in [0.29, 0.717) is 5.56 Å². The summed E-state index contributed by atoms with van der Waals surface area (Å²) in [6.45, 7) is 10.4. The lowest BCUT2D eigenvalue weighted by Crippen LogP contribution is -2.28. The van der Waals surface area contributed by atoms with Crippen LogP contribution in [-0.2, 0) is 0 Å². The van der Waals surface area contributed by atoms with Crippen LogP contribution in [0.25, 0.3) is 5.65 Å². The number of fused-ring (bicyclic) bond motifs is 1. The van der Waals surface area contributed by atoms with Crippen LogP contribution in [0.1, 0.15) is 43.4 Å². The third-order valence-electron chi connectivity index (χ3n) is 4.64. The molecule has 3 aromatic rings. The Morgan fingerprint density at radius 1 is 1.15 bits per heavy atom. The third-order valence-corrected chi connectivity index (χ3v) is 4.64. The van der Waals surface area contributed by atoms with Gasteiger partial charge in [-0.25, -0.2) is 4.98 Å². The Kier molecular flexibility index (Phi) is 5.60. The maximum Gasteiger partial charge on any atom is 0.159 e. The standard InChI is InChI=1S/C21H26N6/c1-5-11-26(12-6-2)21-16(4)20(25-19-9-10-23-27(19)21)24-18-8-7-17(14-22)13-15(18)3/h7-10,13H,5-6,11-12H2,1-4H3,(H,24,25). The van der Waals surface area contributed by atoms with Gasteiger partial charge in [-0.15, -0.1) is 0 Å². The van der Waals surface area contributed by atoms with Crippen molar-refractivity contribution in [1.82, 2.24) is 14.6 Å². The quantitative estimate of drug-likeness (QED) is 0.666. The molecule has 27 heavy (non-hydrogen) atoms. The van der Waals surface area contributed by atoms with Gasteiger partial charge in [0, 0.05) is 30.4 Å². The number of hydrogen-bond donors (Lipinski definition) is 1. The van der Waals surface area contributed by atoms with Crippen LogP contribution in [-0.4, -0.2) is 27.7 Å². The van der Waals surface area contributed by atoms with Crippen LogP contribution in [0, 0.1) is 25.2 Å². The molecule has 6 nitrogen and oxygen atoms in total. The zero-order valence-corrected chi connectivity index (χ0v) is 16.5. The zero-order chi connectivity index (χ0) is 19.4. The van der Waals surface area contributed by atoms with Crippen molar-refractivity contribution in [3.8, 4) is 6.07 Å². The highest BCUT2D eigenvalue weighted by atomic mass is 15.4. The van der Waals surface area contributed by atoms with Gasteiger partial charge in [0.2, 0.25) is 0 Å². The van der Waals surface area contributed by atoms with Gasteiger partial charge in [0.05, 0.1) is 17.8 Å². The number of anilines is 3. The van der Waals surface area contributed by atoms with E-state index in [1.165, 1.54) is 0 Å². The van der Waals surface area contributed by atoms with E-state index in [0.717, 1.165) is 60.0 Å². The molecule has 0 aliphatic heterocycles. The Bertz CT molecular complexity index is 976.